The number of hydrogen-bond acceptors (Lipinski definition) is 2. The first-order valence-corrected chi connectivity index (χ1v) is 7.22. The smallest absolute Gasteiger partial charge is 0.266 e. The normalized spacial score (nSPS) is 11.6. The molecule has 0 atom stereocenters. The van der Waals surface area contributed by atoms with E-state index < -0.39 is 0 Å². The number of hydrogen-bond donors (Lipinski definition) is 2. The Morgan fingerprint density at radius 3 is 2.21 bits per heavy atom. The molecule has 98 valence electrons. The van der Waals surface area contributed by atoms with Gasteiger partial charge in [-0.15, -0.1) is 0 Å². The van der Waals surface area contributed by atoms with E-state index in [1.54, 1.807) is 12.1 Å². The maximum atomic E-state index is 10.1. The number of aromatic hydroxyl groups is 1. The van der Waals surface area contributed by atoms with Crippen LogP contribution in [-0.2, 0) is 5.41 Å². The molecule has 0 saturated heterocycles. The number of phenols is 1. The number of rotatable bonds is 2. The maximum absolute atomic E-state index is 10.1. The first kappa shape index (κ1) is 13.8. The minimum Gasteiger partial charge on any atom is -0.507 e. The standard InChI is InChI=1S/C16H18O2Si/c1-16(2,3)12-8-6-10-14(19-18)15(12)11-7-4-5-9-13(11)17/h4-10,17-18H,1-3H3. The van der Waals surface area contributed by atoms with E-state index in [4.69, 9.17) is 0 Å². The second-order valence-corrected chi connectivity index (χ2v) is 6.37. The van der Waals surface area contributed by atoms with Gasteiger partial charge in [0.2, 0.25) is 0 Å². The molecule has 0 spiro atoms. The van der Waals surface area contributed by atoms with Crippen molar-refractivity contribution in [1.82, 2.24) is 0 Å². The zero-order chi connectivity index (χ0) is 14.0. The summed E-state index contributed by atoms with van der Waals surface area (Å²) in [5, 5.41) is 11.0. The van der Waals surface area contributed by atoms with Gasteiger partial charge in [-0.25, -0.2) is 0 Å². The quantitative estimate of drug-likeness (QED) is 0.824. The Bertz CT molecular complexity index is 586. The molecule has 0 saturated carbocycles. The topological polar surface area (TPSA) is 40.5 Å². The molecule has 2 radical (unpaired) electrons. The lowest BCUT2D eigenvalue weighted by Gasteiger charge is -2.25. The van der Waals surface area contributed by atoms with Crippen molar-refractivity contribution in [2.45, 2.75) is 26.2 Å². The molecule has 19 heavy (non-hydrogen) atoms. The molecule has 0 fully saturated rings. The summed E-state index contributed by atoms with van der Waals surface area (Å²) in [7, 11) is -0.285. The highest BCUT2D eigenvalue weighted by Gasteiger charge is 2.22. The van der Waals surface area contributed by atoms with Gasteiger partial charge in [0.1, 0.15) is 5.75 Å². The molecule has 0 amide bonds. The van der Waals surface area contributed by atoms with Crippen LogP contribution in [0, 0.1) is 0 Å². The second kappa shape index (κ2) is 5.19. The van der Waals surface area contributed by atoms with Crippen LogP contribution in [-0.4, -0.2) is 19.7 Å². The van der Waals surface area contributed by atoms with Crippen LogP contribution in [0.4, 0.5) is 0 Å². The Labute approximate surface area is 116 Å². The molecule has 0 unspecified atom stereocenters. The van der Waals surface area contributed by atoms with Crippen molar-refractivity contribution in [1.29, 1.82) is 0 Å². The predicted molar refractivity (Wildman–Crippen MR) is 79.8 cm³/mol. The van der Waals surface area contributed by atoms with Gasteiger partial charge in [0, 0.05) is 5.56 Å². The molecule has 2 nitrogen and oxygen atoms in total. The first-order valence-electron chi connectivity index (χ1n) is 6.27. The van der Waals surface area contributed by atoms with Crippen molar-refractivity contribution in [3.8, 4) is 16.9 Å². The Hall–Kier alpha value is -1.58. The van der Waals surface area contributed by atoms with Crippen LogP contribution in [0.5, 0.6) is 5.75 Å². The fraction of sp³-hybridized carbons (Fsp3) is 0.250. The summed E-state index contributed by atoms with van der Waals surface area (Å²) in [5.74, 6) is 0.249. The maximum Gasteiger partial charge on any atom is 0.266 e. The van der Waals surface area contributed by atoms with Crippen LogP contribution in [0.15, 0.2) is 42.5 Å². The highest BCUT2D eigenvalue weighted by atomic mass is 28.2. The first-order chi connectivity index (χ1) is 8.95. The molecule has 2 rings (SSSR count). The summed E-state index contributed by atoms with van der Waals surface area (Å²) in [5.41, 5.74) is 2.82. The van der Waals surface area contributed by atoms with Crippen LogP contribution in [0.3, 0.4) is 0 Å². The van der Waals surface area contributed by atoms with Crippen molar-refractivity contribution < 1.29 is 9.90 Å². The molecule has 0 bridgehead atoms. The zero-order valence-corrected chi connectivity index (χ0v) is 12.4. The Morgan fingerprint density at radius 1 is 0.947 bits per heavy atom. The summed E-state index contributed by atoms with van der Waals surface area (Å²) in [6, 6.07) is 13.2. The monoisotopic (exact) mass is 270 g/mol. The van der Waals surface area contributed by atoms with Crippen molar-refractivity contribution in [2.75, 3.05) is 0 Å². The molecular weight excluding hydrogens is 252 g/mol. The van der Waals surface area contributed by atoms with E-state index in [1.165, 1.54) is 0 Å². The summed E-state index contributed by atoms with van der Waals surface area (Å²) < 4.78 is 0. The third-order valence-corrected chi connectivity index (χ3v) is 3.82. The van der Waals surface area contributed by atoms with Crippen LogP contribution in [0.2, 0.25) is 0 Å². The molecular formula is C16H18O2Si. The van der Waals surface area contributed by atoms with Crippen molar-refractivity contribution in [3.05, 3.63) is 48.0 Å². The molecule has 3 heteroatoms. The summed E-state index contributed by atoms with van der Waals surface area (Å²) in [6.45, 7) is 6.41. The van der Waals surface area contributed by atoms with Crippen LogP contribution in [0.1, 0.15) is 26.3 Å². The van der Waals surface area contributed by atoms with Gasteiger partial charge in [0.05, 0.1) is 0 Å². The molecule has 2 N–H and O–H groups in total. The summed E-state index contributed by atoms with van der Waals surface area (Å²) in [6.07, 6.45) is 0. The molecule has 0 aromatic heterocycles. The Kier molecular flexibility index (Phi) is 3.78. The van der Waals surface area contributed by atoms with Crippen LogP contribution < -0.4 is 5.19 Å². The largest absolute Gasteiger partial charge is 0.507 e. The molecule has 0 aliphatic heterocycles. The average molecular weight is 270 g/mol. The third kappa shape index (κ3) is 2.72. The van der Waals surface area contributed by atoms with Crippen LogP contribution in [0.25, 0.3) is 11.1 Å². The van der Waals surface area contributed by atoms with Crippen molar-refractivity contribution in [2.24, 2.45) is 0 Å². The van der Waals surface area contributed by atoms with Gasteiger partial charge in [-0.1, -0.05) is 57.2 Å². The number of benzene rings is 2. The van der Waals surface area contributed by atoms with E-state index in [-0.39, 0.29) is 20.9 Å². The van der Waals surface area contributed by atoms with Gasteiger partial charge < -0.3 is 9.90 Å². The second-order valence-electron chi connectivity index (χ2n) is 5.61. The Balaban J connectivity index is 2.77. The Morgan fingerprint density at radius 2 is 1.63 bits per heavy atom. The third-order valence-electron chi connectivity index (χ3n) is 3.17. The van der Waals surface area contributed by atoms with E-state index in [0.717, 1.165) is 21.9 Å². The van der Waals surface area contributed by atoms with Gasteiger partial charge in [-0.2, -0.15) is 0 Å². The predicted octanol–water partition coefficient (Wildman–Crippen LogP) is 2.59. The van der Waals surface area contributed by atoms with Crippen molar-refractivity contribution in [3.63, 3.8) is 0 Å². The van der Waals surface area contributed by atoms with Gasteiger partial charge in [0.25, 0.3) is 9.76 Å². The van der Waals surface area contributed by atoms with Crippen molar-refractivity contribution >= 4 is 14.9 Å². The minimum absolute atomic E-state index is 0.0483. The van der Waals surface area contributed by atoms with Gasteiger partial charge in [0.15, 0.2) is 0 Å². The summed E-state index contributed by atoms with van der Waals surface area (Å²) >= 11 is 0. The fourth-order valence-corrected chi connectivity index (χ4v) is 2.80. The number of phenolic OH excluding ortho intramolecular Hbond substituents is 1. The minimum atomic E-state index is -0.285. The lowest BCUT2D eigenvalue weighted by Crippen LogP contribution is -2.23. The molecule has 0 aliphatic carbocycles. The molecule has 2 aromatic rings. The van der Waals surface area contributed by atoms with E-state index in [0.29, 0.717) is 0 Å². The molecule has 0 heterocycles. The molecule has 0 aliphatic rings. The van der Waals surface area contributed by atoms with E-state index >= 15 is 0 Å². The average Bonchev–Trinajstić information content (AvgIpc) is 2.37. The van der Waals surface area contributed by atoms with Crippen LogP contribution >= 0.6 is 0 Å². The highest BCUT2D eigenvalue weighted by molar-refractivity contribution is 6.48. The highest BCUT2D eigenvalue weighted by Crippen LogP contribution is 2.35. The fourth-order valence-electron chi connectivity index (χ4n) is 2.25. The van der Waals surface area contributed by atoms with E-state index in [9.17, 15) is 9.90 Å². The zero-order valence-electron chi connectivity index (χ0n) is 11.4. The SMILES string of the molecule is CC(C)(C)c1cccc([Si]O)c1-c1ccccc1O. The van der Waals surface area contributed by atoms with Gasteiger partial charge in [-0.3, -0.25) is 0 Å². The van der Waals surface area contributed by atoms with E-state index in [2.05, 4.69) is 26.8 Å². The van der Waals surface area contributed by atoms with Gasteiger partial charge in [-0.05, 0) is 27.8 Å². The molecule has 2 aromatic carbocycles. The lowest BCUT2D eigenvalue weighted by molar-refractivity contribution is 0.477. The number of para-hydroxylation sites is 1. The summed E-state index contributed by atoms with van der Waals surface area (Å²) in [4.78, 5) is 9.61. The van der Waals surface area contributed by atoms with Gasteiger partial charge >= 0.3 is 0 Å². The van der Waals surface area contributed by atoms with E-state index in [1.807, 2.05) is 24.3 Å². The lowest BCUT2D eigenvalue weighted by atomic mass is 9.81.